The summed E-state index contributed by atoms with van der Waals surface area (Å²) in [5.74, 6) is 0.570. The number of esters is 1. The number of fused-ring (bicyclic) bond motifs is 1. The zero-order chi connectivity index (χ0) is 23.6. The molecule has 1 saturated heterocycles. The van der Waals surface area contributed by atoms with Crippen LogP contribution in [0.1, 0.15) is 57.1 Å². The number of unbranched alkanes of at least 4 members (excludes halogenated alkanes) is 4. The topological polar surface area (TPSA) is 75.1 Å². The Morgan fingerprint density at radius 1 is 1.18 bits per heavy atom. The number of methoxy groups -OCH3 is 2. The fourth-order valence-electron chi connectivity index (χ4n) is 4.71. The van der Waals surface area contributed by atoms with Gasteiger partial charge in [0.05, 0.1) is 32.3 Å². The Hall–Kier alpha value is -2.22. The number of ether oxygens (including phenoxy) is 2. The van der Waals surface area contributed by atoms with Gasteiger partial charge in [0.2, 0.25) is 0 Å². The van der Waals surface area contributed by atoms with Crippen LogP contribution >= 0.6 is 0 Å². The molecule has 1 aliphatic rings. The van der Waals surface area contributed by atoms with E-state index in [1.807, 2.05) is 24.3 Å². The van der Waals surface area contributed by atoms with Gasteiger partial charge in [0.15, 0.2) is 0 Å². The Labute approximate surface area is 197 Å². The van der Waals surface area contributed by atoms with E-state index in [1.165, 1.54) is 32.8 Å². The molecule has 7 heteroatoms. The van der Waals surface area contributed by atoms with Crippen LogP contribution in [0.4, 0.5) is 0 Å². The van der Waals surface area contributed by atoms with Crippen molar-refractivity contribution in [2.75, 3.05) is 46.9 Å². The Morgan fingerprint density at radius 3 is 2.76 bits per heavy atom. The Balaban J connectivity index is 1.65. The highest BCUT2D eigenvalue weighted by Gasteiger charge is 2.30. The van der Waals surface area contributed by atoms with Gasteiger partial charge in [-0.25, -0.2) is 0 Å². The summed E-state index contributed by atoms with van der Waals surface area (Å²) in [6.45, 7) is 6.26. The van der Waals surface area contributed by atoms with Crippen molar-refractivity contribution in [1.82, 2.24) is 14.8 Å². The zero-order valence-electron chi connectivity index (χ0n) is 20.3. The van der Waals surface area contributed by atoms with Crippen LogP contribution < -0.4 is 4.74 Å². The molecule has 2 aromatic rings. The maximum Gasteiger partial charge on any atom is 0.307 e. The second-order valence-electron chi connectivity index (χ2n) is 8.94. The standard InChI is InChI=1S/C26H39N3O4/c1-4-5-6-7-8-13-29-15-14-28(18-20(29)16-26(31)33-3)19-25(30)22-11-12-27-24-10-9-21(32-2)17-23(22)24/h9-12,17,20,25,30H,4-8,13-16,18-19H2,1-3H3/t20-,25?/m0/s1. The molecule has 0 saturated carbocycles. The minimum absolute atomic E-state index is 0.110. The zero-order valence-corrected chi connectivity index (χ0v) is 20.3. The second-order valence-corrected chi connectivity index (χ2v) is 8.94. The molecule has 33 heavy (non-hydrogen) atoms. The summed E-state index contributed by atoms with van der Waals surface area (Å²) in [6, 6.07) is 7.71. The van der Waals surface area contributed by atoms with Crippen molar-refractivity contribution in [2.45, 2.75) is 57.6 Å². The van der Waals surface area contributed by atoms with Gasteiger partial charge in [-0.15, -0.1) is 0 Å². The minimum Gasteiger partial charge on any atom is -0.497 e. The highest BCUT2D eigenvalue weighted by atomic mass is 16.5. The lowest BCUT2D eigenvalue weighted by atomic mass is 10.0. The summed E-state index contributed by atoms with van der Waals surface area (Å²) >= 11 is 0. The molecule has 0 bridgehead atoms. The molecule has 1 aromatic heterocycles. The molecule has 1 fully saturated rings. The van der Waals surface area contributed by atoms with Gasteiger partial charge in [0, 0.05) is 43.8 Å². The molecule has 3 rings (SSSR count). The number of aromatic nitrogens is 1. The molecular formula is C26H39N3O4. The molecule has 0 radical (unpaired) electrons. The highest BCUT2D eigenvalue weighted by Crippen LogP contribution is 2.28. The number of nitrogens with zero attached hydrogens (tertiary/aromatic N) is 3. The van der Waals surface area contributed by atoms with E-state index in [2.05, 4.69) is 21.7 Å². The largest absolute Gasteiger partial charge is 0.497 e. The van der Waals surface area contributed by atoms with Gasteiger partial charge in [-0.2, -0.15) is 0 Å². The number of benzene rings is 1. The van der Waals surface area contributed by atoms with Crippen molar-refractivity contribution in [3.05, 3.63) is 36.0 Å². The molecule has 1 aromatic carbocycles. The number of β-amino-alcohol motifs (C(OH)–C–C–N with tert-alkyl or cyclic N) is 1. The minimum atomic E-state index is -0.651. The Bertz CT molecular complexity index is 891. The number of aliphatic hydroxyl groups is 1. The Morgan fingerprint density at radius 2 is 2.00 bits per heavy atom. The maximum absolute atomic E-state index is 12.1. The monoisotopic (exact) mass is 457 g/mol. The first-order valence-corrected chi connectivity index (χ1v) is 12.2. The lowest BCUT2D eigenvalue weighted by Gasteiger charge is -2.41. The summed E-state index contributed by atoms with van der Waals surface area (Å²) in [6.07, 6.45) is 7.66. The number of rotatable bonds is 12. The van der Waals surface area contributed by atoms with Crippen molar-refractivity contribution >= 4 is 16.9 Å². The first kappa shape index (κ1) is 25.4. The molecular weight excluding hydrogens is 418 g/mol. The molecule has 0 aliphatic carbocycles. The van der Waals surface area contributed by atoms with Crippen LogP contribution in [0.15, 0.2) is 30.5 Å². The highest BCUT2D eigenvalue weighted by molar-refractivity contribution is 5.83. The third kappa shape index (κ3) is 7.13. The molecule has 1 unspecified atom stereocenters. The molecule has 2 atom stereocenters. The molecule has 182 valence electrons. The van der Waals surface area contributed by atoms with Gasteiger partial charge >= 0.3 is 5.97 Å². The quantitative estimate of drug-likeness (QED) is 0.384. The van der Waals surface area contributed by atoms with E-state index in [-0.39, 0.29) is 12.0 Å². The number of carbonyl (C=O) groups is 1. The number of pyridine rings is 1. The smallest absolute Gasteiger partial charge is 0.307 e. The van der Waals surface area contributed by atoms with Crippen LogP contribution in [0.25, 0.3) is 10.9 Å². The molecule has 7 nitrogen and oxygen atoms in total. The summed E-state index contributed by atoms with van der Waals surface area (Å²) in [5, 5.41) is 12.0. The van der Waals surface area contributed by atoms with Crippen LogP contribution in [-0.4, -0.2) is 78.8 Å². The van der Waals surface area contributed by atoms with Gasteiger partial charge in [0.25, 0.3) is 0 Å². The number of carbonyl (C=O) groups excluding carboxylic acids is 1. The van der Waals surface area contributed by atoms with Gasteiger partial charge in [-0.1, -0.05) is 32.6 Å². The van der Waals surface area contributed by atoms with Gasteiger partial charge in [-0.05, 0) is 42.8 Å². The van der Waals surface area contributed by atoms with Crippen LogP contribution in [0.2, 0.25) is 0 Å². The third-order valence-electron chi connectivity index (χ3n) is 6.64. The van der Waals surface area contributed by atoms with Gasteiger partial charge < -0.3 is 14.6 Å². The fraction of sp³-hybridized carbons (Fsp3) is 0.615. The first-order valence-electron chi connectivity index (χ1n) is 12.2. The van der Waals surface area contributed by atoms with E-state index in [0.29, 0.717) is 13.0 Å². The van der Waals surface area contributed by atoms with E-state index >= 15 is 0 Å². The van der Waals surface area contributed by atoms with Crippen LogP contribution in [0, 0.1) is 0 Å². The van der Waals surface area contributed by atoms with E-state index in [9.17, 15) is 9.90 Å². The van der Waals surface area contributed by atoms with Crippen molar-refractivity contribution in [3.8, 4) is 5.75 Å². The van der Waals surface area contributed by atoms with Crippen LogP contribution in [0.5, 0.6) is 5.75 Å². The van der Waals surface area contributed by atoms with E-state index in [4.69, 9.17) is 9.47 Å². The fourth-order valence-corrected chi connectivity index (χ4v) is 4.71. The molecule has 0 amide bonds. The number of aliphatic hydroxyl groups excluding tert-OH is 1. The summed E-state index contributed by atoms with van der Waals surface area (Å²) in [4.78, 5) is 21.2. The second kappa shape index (κ2) is 12.9. The SMILES string of the molecule is CCCCCCCN1CCN(CC(O)c2ccnc3ccc(OC)cc23)C[C@@H]1CC(=O)OC. The molecule has 0 spiro atoms. The Kier molecular flexibility index (Phi) is 9.91. The lowest BCUT2D eigenvalue weighted by molar-refractivity contribution is -0.142. The third-order valence-corrected chi connectivity index (χ3v) is 6.64. The molecule has 2 heterocycles. The van der Waals surface area contributed by atoms with E-state index in [1.54, 1.807) is 13.3 Å². The summed E-state index contributed by atoms with van der Waals surface area (Å²) in [7, 11) is 3.09. The number of piperazine rings is 1. The average Bonchev–Trinajstić information content (AvgIpc) is 2.84. The predicted octanol–water partition coefficient (Wildman–Crippen LogP) is 3.80. The van der Waals surface area contributed by atoms with Crippen molar-refractivity contribution in [2.24, 2.45) is 0 Å². The average molecular weight is 458 g/mol. The van der Waals surface area contributed by atoms with Gasteiger partial charge in [0.1, 0.15) is 5.75 Å². The summed E-state index contributed by atoms with van der Waals surface area (Å²) in [5.41, 5.74) is 1.69. The van der Waals surface area contributed by atoms with Crippen molar-refractivity contribution in [3.63, 3.8) is 0 Å². The van der Waals surface area contributed by atoms with Crippen molar-refractivity contribution < 1.29 is 19.4 Å². The van der Waals surface area contributed by atoms with Gasteiger partial charge in [-0.3, -0.25) is 19.6 Å². The molecule has 1 N–H and O–H groups in total. The lowest BCUT2D eigenvalue weighted by Crippen LogP contribution is -2.54. The first-order chi connectivity index (χ1) is 16.0. The predicted molar refractivity (Wildman–Crippen MR) is 130 cm³/mol. The van der Waals surface area contributed by atoms with Crippen LogP contribution in [-0.2, 0) is 9.53 Å². The summed E-state index contributed by atoms with van der Waals surface area (Å²) < 4.78 is 10.3. The van der Waals surface area contributed by atoms with Crippen LogP contribution in [0.3, 0.4) is 0 Å². The number of hydrogen-bond donors (Lipinski definition) is 1. The van der Waals surface area contributed by atoms with Crippen molar-refractivity contribution in [1.29, 1.82) is 0 Å². The molecule has 1 aliphatic heterocycles. The van der Waals surface area contributed by atoms with E-state index in [0.717, 1.165) is 54.8 Å². The van der Waals surface area contributed by atoms with E-state index < -0.39 is 6.10 Å². The maximum atomic E-state index is 12.1. The normalized spacial score (nSPS) is 18.4. The number of hydrogen-bond acceptors (Lipinski definition) is 7.